The van der Waals surface area contributed by atoms with E-state index >= 15 is 0 Å². The van der Waals surface area contributed by atoms with Gasteiger partial charge in [0.2, 0.25) is 0 Å². The molecule has 0 fully saturated rings. The van der Waals surface area contributed by atoms with Crippen LogP contribution in [0.3, 0.4) is 0 Å². The first-order valence-electron chi connectivity index (χ1n) is 6.59. The van der Waals surface area contributed by atoms with Crippen LogP contribution in [0.25, 0.3) is 0 Å². The molecule has 0 aliphatic heterocycles. The molecule has 0 saturated heterocycles. The molecule has 0 aliphatic rings. The topological polar surface area (TPSA) is 53.6 Å². The van der Waals surface area contributed by atoms with Crippen LogP contribution in [0.5, 0.6) is 0 Å². The quantitative estimate of drug-likeness (QED) is 0.842. The van der Waals surface area contributed by atoms with Gasteiger partial charge in [0.25, 0.3) is 0 Å². The van der Waals surface area contributed by atoms with Crippen molar-refractivity contribution in [3.63, 3.8) is 0 Å². The van der Waals surface area contributed by atoms with E-state index in [1.807, 2.05) is 0 Å². The van der Waals surface area contributed by atoms with E-state index in [1.54, 1.807) is 11.8 Å². The molecule has 0 bridgehead atoms. The molecule has 2 rings (SSSR count). The van der Waals surface area contributed by atoms with Gasteiger partial charge in [0, 0.05) is 16.6 Å². The van der Waals surface area contributed by atoms with Gasteiger partial charge >= 0.3 is 0 Å². The lowest BCUT2D eigenvalue weighted by molar-refractivity contribution is 0.494. The monoisotopic (exact) mass is 276 g/mol. The molecule has 2 N–H and O–H groups in total. The summed E-state index contributed by atoms with van der Waals surface area (Å²) in [4.78, 5) is 5.25. The zero-order chi connectivity index (χ0) is 13.7. The van der Waals surface area contributed by atoms with Crippen molar-refractivity contribution in [2.24, 2.45) is 5.92 Å². The zero-order valence-corrected chi connectivity index (χ0v) is 12.4. The third-order valence-corrected chi connectivity index (χ3v) is 4.25. The minimum absolute atomic E-state index is 0.484. The van der Waals surface area contributed by atoms with Crippen LogP contribution in [-0.2, 0) is 0 Å². The highest BCUT2D eigenvalue weighted by atomic mass is 32.2. The summed E-state index contributed by atoms with van der Waals surface area (Å²) in [5.74, 6) is 0.670. The van der Waals surface area contributed by atoms with Crippen molar-refractivity contribution in [1.82, 2.24) is 15.2 Å². The second kappa shape index (κ2) is 6.61. The van der Waals surface area contributed by atoms with Crippen LogP contribution in [0.1, 0.15) is 27.2 Å². The summed E-state index contributed by atoms with van der Waals surface area (Å²) in [7, 11) is 0. The normalized spacial score (nSPS) is 14.1. The third kappa shape index (κ3) is 3.99. The molecule has 2 aromatic rings. The molecule has 4 nitrogen and oxygen atoms in total. The summed E-state index contributed by atoms with van der Waals surface area (Å²) in [5.41, 5.74) is 1.16. The first-order valence-corrected chi connectivity index (χ1v) is 7.40. The number of nitrogens with zero attached hydrogens (tertiary/aromatic N) is 2. The van der Waals surface area contributed by atoms with E-state index in [4.69, 9.17) is 0 Å². The molecular formula is C14H20N4S. The van der Waals surface area contributed by atoms with Gasteiger partial charge in [0.1, 0.15) is 6.33 Å². The van der Waals surface area contributed by atoms with Gasteiger partial charge in [-0.2, -0.15) is 5.10 Å². The molecule has 1 aromatic carbocycles. The summed E-state index contributed by atoms with van der Waals surface area (Å²) in [5, 5.41) is 11.0. The van der Waals surface area contributed by atoms with E-state index in [0.29, 0.717) is 12.0 Å². The van der Waals surface area contributed by atoms with Gasteiger partial charge in [-0.1, -0.05) is 32.0 Å². The van der Waals surface area contributed by atoms with Crippen LogP contribution in [0.15, 0.2) is 40.6 Å². The predicted octanol–water partition coefficient (Wildman–Crippen LogP) is 3.80. The van der Waals surface area contributed by atoms with E-state index in [1.165, 1.54) is 12.7 Å². The second-order valence-corrected chi connectivity index (χ2v) is 5.80. The summed E-state index contributed by atoms with van der Waals surface area (Å²) in [6, 6.07) is 8.89. The van der Waals surface area contributed by atoms with Crippen LogP contribution in [0.2, 0.25) is 0 Å². The summed E-state index contributed by atoms with van der Waals surface area (Å²) in [6.07, 6.45) is 2.71. The Labute approximate surface area is 118 Å². The molecule has 19 heavy (non-hydrogen) atoms. The fraction of sp³-hybridized carbons (Fsp3) is 0.429. The van der Waals surface area contributed by atoms with Crippen molar-refractivity contribution >= 4 is 17.4 Å². The van der Waals surface area contributed by atoms with Crippen molar-refractivity contribution in [2.45, 2.75) is 43.3 Å². The van der Waals surface area contributed by atoms with Gasteiger partial charge in [-0.25, -0.2) is 4.98 Å². The Hall–Kier alpha value is -1.49. The van der Waals surface area contributed by atoms with Crippen LogP contribution >= 0.6 is 11.8 Å². The number of aromatic amines is 1. The maximum atomic E-state index is 4.10. The number of hydrogen-bond acceptors (Lipinski definition) is 4. The highest BCUT2D eigenvalue weighted by molar-refractivity contribution is 7.99. The molecule has 5 heteroatoms. The average Bonchev–Trinajstić information content (AvgIpc) is 2.93. The minimum Gasteiger partial charge on any atom is -0.382 e. The predicted molar refractivity (Wildman–Crippen MR) is 79.5 cm³/mol. The molecule has 0 saturated carbocycles. The Morgan fingerprint density at radius 2 is 2.00 bits per heavy atom. The van der Waals surface area contributed by atoms with Gasteiger partial charge in [-0.3, -0.25) is 5.10 Å². The van der Waals surface area contributed by atoms with Crippen LogP contribution < -0.4 is 5.32 Å². The van der Waals surface area contributed by atoms with Crippen molar-refractivity contribution in [1.29, 1.82) is 0 Å². The Kier molecular flexibility index (Phi) is 4.85. The molecule has 2 unspecified atom stereocenters. The minimum atomic E-state index is 0.484. The van der Waals surface area contributed by atoms with E-state index in [9.17, 15) is 0 Å². The molecule has 1 heterocycles. The largest absolute Gasteiger partial charge is 0.382 e. The second-order valence-electron chi connectivity index (χ2n) is 4.74. The van der Waals surface area contributed by atoms with Crippen molar-refractivity contribution < 1.29 is 0 Å². The molecule has 0 amide bonds. The maximum Gasteiger partial charge on any atom is 0.188 e. The van der Waals surface area contributed by atoms with Crippen molar-refractivity contribution in [2.75, 3.05) is 5.32 Å². The highest BCUT2D eigenvalue weighted by Gasteiger charge is 2.09. The molecule has 102 valence electrons. The average molecular weight is 276 g/mol. The summed E-state index contributed by atoms with van der Waals surface area (Å²) >= 11 is 1.58. The molecule has 2 atom stereocenters. The van der Waals surface area contributed by atoms with E-state index < -0.39 is 0 Å². The van der Waals surface area contributed by atoms with E-state index in [0.717, 1.165) is 15.7 Å². The zero-order valence-electron chi connectivity index (χ0n) is 11.6. The van der Waals surface area contributed by atoms with Gasteiger partial charge < -0.3 is 5.32 Å². The van der Waals surface area contributed by atoms with Gasteiger partial charge in [0.05, 0.1) is 0 Å². The SMILES string of the molecule is CCC(C)C(C)Nc1ccc(Sc2ncn[nH]2)cc1. The van der Waals surface area contributed by atoms with Crippen LogP contribution in [0, 0.1) is 5.92 Å². The lowest BCUT2D eigenvalue weighted by atomic mass is 10.0. The first-order chi connectivity index (χ1) is 9.19. The fourth-order valence-electron chi connectivity index (χ4n) is 1.73. The molecule has 0 radical (unpaired) electrons. The number of H-pyrrole nitrogens is 1. The number of aromatic nitrogens is 3. The van der Waals surface area contributed by atoms with Gasteiger partial charge in [-0.15, -0.1) is 0 Å². The highest BCUT2D eigenvalue weighted by Crippen LogP contribution is 2.25. The van der Waals surface area contributed by atoms with Crippen LogP contribution in [-0.4, -0.2) is 21.2 Å². The van der Waals surface area contributed by atoms with Crippen LogP contribution in [0.4, 0.5) is 5.69 Å². The smallest absolute Gasteiger partial charge is 0.188 e. The summed E-state index contributed by atoms with van der Waals surface area (Å²) < 4.78 is 0. The maximum absolute atomic E-state index is 4.10. The summed E-state index contributed by atoms with van der Waals surface area (Å²) in [6.45, 7) is 6.72. The lowest BCUT2D eigenvalue weighted by Gasteiger charge is -2.21. The number of anilines is 1. The third-order valence-electron chi connectivity index (χ3n) is 3.35. The molecular weight excluding hydrogens is 256 g/mol. The van der Waals surface area contributed by atoms with E-state index in [-0.39, 0.29) is 0 Å². The Bertz CT molecular complexity index is 481. The Balaban J connectivity index is 1.94. The standard InChI is InChI=1S/C14H20N4S/c1-4-10(2)11(3)17-12-5-7-13(8-6-12)19-14-15-9-16-18-14/h5-11,17H,4H2,1-3H3,(H,15,16,18). The van der Waals surface area contributed by atoms with Gasteiger partial charge in [0.15, 0.2) is 5.16 Å². The van der Waals surface area contributed by atoms with Crippen molar-refractivity contribution in [3.8, 4) is 0 Å². The lowest BCUT2D eigenvalue weighted by Crippen LogP contribution is -2.23. The van der Waals surface area contributed by atoms with E-state index in [2.05, 4.69) is 65.5 Å². The van der Waals surface area contributed by atoms with Crippen molar-refractivity contribution in [3.05, 3.63) is 30.6 Å². The number of nitrogens with one attached hydrogen (secondary N) is 2. The molecule has 1 aromatic heterocycles. The fourth-order valence-corrected chi connectivity index (χ4v) is 2.43. The molecule has 0 spiro atoms. The Morgan fingerprint density at radius 3 is 2.58 bits per heavy atom. The molecule has 0 aliphatic carbocycles. The number of hydrogen-bond donors (Lipinski definition) is 2. The number of benzene rings is 1. The van der Waals surface area contributed by atoms with Gasteiger partial charge in [-0.05, 0) is 37.1 Å². The number of rotatable bonds is 6. The first kappa shape index (κ1) is 13.9. The Morgan fingerprint density at radius 1 is 1.26 bits per heavy atom.